The number of carbonyl (C=O) groups excluding carboxylic acids is 2. The van der Waals surface area contributed by atoms with Crippen molar-refractivity contribution in [1.82, 2.24) is 0 Å². The van der Waals surface area contributed by atoms with E-state index >= 15 is 0 Å². The van der Waals surface area contributed by atoms with Crippen LogP contribution in [0.25, 0.3) is 0 Å². The van der Waals surface area contributed by atoms with Gasteiger partial charge in [0, 0.05) is 16.7 Å². The number of aromatic hydroxyl groups is 1. The van der Waals surface area contributed by atoms with Crippen molar-refractivity contribution in [2.75, 3.05) is 4.90 Å². The molecule has 0 atom stereocenters. The molecule has 17 heavy (non-hydrogen) atoms. The van der Waals surface area contributed by atoms with Gasteiger partial charge in [-0.15, -0.1) is 0 Å². The molecule has 1 aliphatic rings. The van der Waals surface area contributed by atoms with Crippen LogP contribution in [-0.4, -0.2) is 16.9 Å². The van der Waals surface area contributed by atoms with E-state index in [1.54, 1.807) is 32.9 Å². The number of hydrogen-bond donors (Lipinski definition) is 1. The number of rotatable bonds is 1. The summed E-state index contributed by atoms with van der Waals surface area (Å²) < 4.78 is 0. The average molecular weight is 231 g/mol. The van der Waals surface area contributed by atoms with Crippen molar-refractivity contribution in [1.29, 1.82) is 0 Å². The summed E-state index contributed by atoms with van der Waals surface area (Å²) in [6.45, 7) is 4.94. The molecule has 1 heterocycles. The van der Waals surface area contributed by atoms with Gasteiger partial charge in [-0.3, -0.25) is 9.59 Å². The molecule has 1 aromatic carbocycles. The Bertz CT molecular complexity index is 534. The van der Waals surface area contributed by atoms with E-state index in [0.717, 1.165) is 4.90 Å². The smallest absolute Gasteiger partial charge is 0.261 e. The van der Waals surface area contributed by atoms with E-state index in [2.05, 4.69) is 0 Å². The molecule has 0 radical (unpaired) electrons. The molecule has 4 heteroatoms. The Balaban J connectivity index is 2.55. The minimum atomic E-state index is -0.318. The first-order chi connectivity index (χ1) is 7.95. The van der Waals surface area contributed by atoms with E-state index in [1.807, 2.05) is 0 Å². The Morgan fingerprint density at radius 1 is 1.00 bits per heavy atom. The third-order valence-corrected chi connectivity index (χ3v) is 3.13. The minimum absolute atomic E-state index is 0.0744. The van der Waals surface area contributed by atoms with Crippen molar-refractivity contribution in [2.45, 2.75) is 20.8 Å². The van der Waals surface area contributed by atoms with Gasteiger partial charge >= 0.3 is 0 Å². The van der Waals surface area contributed by atoms with Crippen LogP contribution in [0, 0.1) is 6.92 Å². The normalized spacial score (nSPS) is 16.1. The van der Waals surface area contributed by atoms with Gasteiger partial charge in [-0.1, -0.05) is 6.07 Å². The van der Waals surface area contributed by atoms with Gasteiger partial charge in [0.1, 0.15) is 5.75 Å². The van der Waals surface area contributed by atoms with E-state index in [9.17, 15) is 14.7 Å². The largest absolute Gasteiger partial charge is 0.508 e. The Labute approximate surface area is 99.2 Å². The number of phenols is 1. The molecular weight excluding hydrogens is 218 g/mol. The van der Waals surface area contributed by atoms with Crippen LogP contribution in [0.1, 0.15) is 19.4 Å². The zero-order valence-electron chi connectivity index (χ0n) is 9.94. The Morgan fingerprint density at radius 2 is 1.53 bits per heavy atom. The van der Waals surface area contributed by atoms with Crippen molar-refractivity contribution < 1.29 is 14.7 Å². The van der Waals surface area contributed by atoms with E-state index in [1.165, 1.54) is 6.07 Å². The first-order valence-electron chi connectivity index (χ1n) is 5.30. The summed E-state index contributed by atoms with van der Waals surface area (Å²) in [6, 6.07) is 4.79. The van der Waals surface area contributed by atoms with Crippen LogP contribution in [0.3, 0.4) is 0 Å². The van der Waals surface area contributed by atoms with Crippen LogP contribution in [0.15, 0.2) is 29.3 Å². The second kappa shape index (κ2) is 3.73. The van der Waals surface area contributed by atoms with E-state index in [4.69, 9.17) is 0 Å². The lowest BCUT2D eigenvalue weighted by atomic mass is 10.1. The first-order valence-corrected chi connectivity index (χ1v) is 5.30. The monoisotopic (exact) mass is 231 g/mol. The fourth-order valence-corrected chi connectivity index (χ4v) is 1.82. The molecule has 0 aromatic heterocycles. The van der Waals surface area contributed by atoms with E-state index in [-0.39, 0.29) is 17.6 Å². The Hall–Kier alpha value is -2.10. The highest BCUT2D eigenvalue weighted by Gasteiger charge is 2.35. The SMILES string of the molecule is CC1=C(C)C(=O)N(c2cccc(O)c2C)C1=O. The van der Waals surface area contributed by atoms with Crippen molar-refractivity contribution in [3.05, 3.63) is 34.9 Å². The predicted molar refractivity (Wildman–Crippen MR) is 63.7 cm³/mol. The van der Waals surface area contributed by atoms with Crippen LogP contribution in [0.2, 0.25) is 0 Å². The molecule has 4 nitrogen and oxygen atoms in total. The quantitative estimate of drug-likeness (QED) is 0.751. The Kier molecular flexibility index (Phi) is 2.50. The number of carbonyl (C=O) groups is 2. The van der Waals surface area contributed by atoms with Gasteiger partial charge in [0.25, 0.3) is 11.8 Å². The van der Waals surface area contributed by atoms with Crippen LogP contribution in [0.5, 0.6) is 5.75 Å². The van der Waals surface area contributed by atoms with Crippen LogP contribution in [-0.2, 0) is 9.59 Å². The maximum atomic E-state index is 12.0. The second-order valence-corrected chi connectivity index (χ2v) is 4.12. The summed E-state index contributed by atoms with van der Waals surface area (Å²) in [5, 5.41) is 9.60. The third-order valence-electron chi connectivity index (χ3n) is 3.13. The number of phenolic OH excluding ortho intramolecular Hbond substituents is 1. The third kappa shape index (κ3) is 1.53. The molecular formula is C13H13NO3. The van der Waals surface area contributed by atoms with Gasteiger partial charge in [-0.05, 0) is 32.9 Å². The van der Waals surface area contributed by atoms with Crippen molar-refractivity contribution in [2.24, 2.45) is 0 Å². The number of imide groups is 1. The molecule has 0 aliphatic carbocycles. The molecule has 1 N–H and O–H groups in total. The number of amides is 2. The molecule has 0 bridgehead atoms. The summed E-state index contributed by atoms with van der Waals surface area (Å²) in [5.74, 6) is -0.562. The lowest BCUT2D eigenvalue weighted by molar-refractivity contribution is -0.120. The van der Waals surface area contributed by atoms with Crippen molar-refractivity contribution in [3.8, 4) is 5.75 Å². The predicted octanol–water partition coefficient (Wildman–Crippen LogP) is 1.91. The summed E-state index contributed by atoms with van der Waals surface area (Å²) in [4.78, 5) is 25.0. The van der Waals surface area contributed by atoms with Crippen LogP contribution >= 0.6 is 0 Å². The summed E-state index contributed by atoms with van der Waals surface area (Å²) in [5.41, 5.74) is 1.88. The molecule has 1 aliphatic heterocycles. The van der Waals surface area contributed by atoms with Crippen LogP contribution < -0.4 is 4.90 Å². The zero-order valence-corrected chi connectivity index (χ0v) is 9.94. The van der Waals surface area contributed by atoms with Gasteiger partial charge in [0.05, 0.1) is 5.69 Å². The van der Waals surface area contributed by atoms with Crippen molar-refractivity contribution >= 4 is 17.5 Å². The lowest BCUT2D eigenvalue weighted by Crippen LogP contribution is -2.31. The Morgan fingerprint density at radius 3 is 2.06 bits per heavy atom. The highest BCUT2D eigenvalue weighted by Crippen LogP contribution is 2.32. The molecule has 2 rings (SSSR count). The summed E-state index contributed by atoms with van der Waals surface area (Å²) in [7, 11) is 0. The second-order valence-electron chi connectivity index (χ2n) is 4.12. The van der Waals surface area contributed by atoms with Gasteiger partial charge in [0.2, 0.25) is 0 Å². The highest BCUT2D eigenvalue weighted by atomic mass is 16.3. The van der Waals surface area contributed by atoms with E-state index in [0.29, 0.717) is 22.4 Å². The molecule has 1 aromatic rings. The highest BCUT2D eigenvalue weighted by molar-refractivity contribution is 6.32. The zero-order chi connectivity index (χ0) is 12.7. The first kappa shape index (κ1) is 11.4. The maximum Gasteiger partial charge on any atom is 0.261 e. The number of hydrogen-bond acceptors (Lipinski definition) is 3. The molecule has 2 amide bonds. The lowest BCUT2D eigenvalue weighted by Gasteiger charge is -2.17. The maximum absolute atomic E-state index is 12.0. The molecule has 0 fully saturated rings. The standard InChI is InChI=1S/C13H13NO3/c1-7-8(2)13(17)14(12(7)16)10-5-4-6-11(15)9(10)3/h4-6,15H,1-3H3. The molecule has 0 saturated heterocycles. The van der Waals surface area contributed by atoms with Crippen LogP contribution in [0.4, 0.5) is 5.69 Å². The minimum Gasteiger partial charge on any atom is -0.508 e. The molecule has 88 valence electrons. The fourth-order valence-electron chi connectivity index (χ4n) is 1.82. The number of nitrogens with zero attached hydrogens (tertiary/aromatic N) is 1. The van der Waals surface area contributed by atoms with E-state index < -0.39 is 0 Å². The number of anilines is 1. The summed E-state index contributed by atoms with van der Waals surface area (Å²) >= 11 is 0. The molecule has 0 saturated carbocycles. The molecule has 0 spiro atoms. The van der Waals surface area contributed by atoms with Gasteiger partial charge in [-0.2, -0.15) is 0 Å². The van der Waals surface area contributed by atoms with Gasteiger partial charge in [-0.25, -0.2) is 4.90 Å². The van der Waals surface area contributed by atoms with Gasteiger partial charge in [0.15, 0.2) is 0 Å². The molecule has 0 unspecified atom stereocenters. The van der Waals surface area contributed by atoms with Gasteiger partial charge < -0.3 is 5.11 Å². The topological polar surface area (TPSA) is 57.6 Å². The summed E-state index contributed by atoms with van der Waals surface area (Å²) in [6.07, 6.45) is 0. The van der Waals surface area contributed by atoms with Crippen molar-refractivity contribution in [3.63, 3.8) is 0 Å². The fraction of sp³-hybridized carbons (Fsp3) is 0.231. The number of benzene rings is 1. The average Bonchev–Trinajstić information content (AvgIpc) is 2.49.